The first-order valence-corrected chi connectivity index (χ1v) is 8.49. The minimum Gasteiger partial charge on any atom is -0.311 e. The van der Waals surface area contributed by atoms with E-state index in [1.54, 1.807) is 0 Å². The van der Waals surface area contributed by atoms with Crippen LogP contribution in [-0.4, -0.2) is 36.6 Å². The molecule has 0 aromatic rings. The van der Waals surface area contributed by atoms with E-state index in [4.69, 9.17) is 0 Å². The van der Waals surface area contributed by atoms with Crippen molar-refractivity contribution in [2.45, 2.75) is 78.3 Å². The summed E-state index contributed by atoms with van der Waals surface area (Å²) in [5.41, 5.74) is 0.461. The monoisotopic (exact) mass is 266 g/mol. The van der Waals surface area contributed by atoms with Gasteiger partial charge in [-0.15, -0.1) is 0 Å². The summed E-state index contributed by atoms with van der Waals surface area (Å²) in [7, 11) is 0. The van der Waals surface area contributed by atoms with Gasteiger partial charge in [-0.1, -0.05) is 40.5 Å². The van der Waals surface area contributed by atoms with Gasteiger partial charge in [-0.2, -0.15) is 0 Å². The first-order chi connectivity index (χ1) is 9.00. The molecule has 0 aromatic carbocycles. The van der Waals surface area contributed by atoms with Crippen molar-refractivity contribution in [3.8, 4) is 0 Å². The van der Waals surface area contributed by atoms with Crippen molar-refractivity contribution in [2.24, 2.45) is 11.3 Å². The van der Waals surface area contributed by atoms with Crippen LogP contribution in [0.1, 0.15) is 66.2 Å². The lowest BCUT2D eigenvalue weighted by Gasteiger charge is -2.43. The smallest absolute Gasteiger partial charge is 0.0103 e. The van der Waals surface area contributed by atoms with Crippen molar-refractivity contribution < 1.29 is 0 Å². The van der Waals surface area contributed by atoms with Crippen LogP contribution in [0.25, 0.3) is 0 Å². The maximum Gasteiger partial charge on any atom is 0.0103 e. The zero-order valence-corrected chi connectivity index (χ0v) is 13.5. The van der Waals surface area contributed by atoms with E-state index in [-0.39, 0.29) is 0 Å². The van der Waals surface area contributed by atoms with Gasteiger partial charge in [0.15, 0.2) is 0 Å². The van der Waals surface area contributed by atoms with E-state index < -0.39 is 0 Å². The molecule has 1 saturated heterocycles. The predicted molar refractivity (Wildman–Crippen MR) is 83.5 cm³/mol. The summed E-state index contributed by atoms with van der Waals surface area (Å²) in [6, 6.07) is 1.54. The van der Waals surface area contributed by atoms with E-state index in [1.165, 1.54) is 58.2 Å². The van der Waals surface area contributed by atoms with Crippen LogP contribution in [0.4, 0.5) is 0 Å². The second kappa shape index (κ2) is 6.58. The first-order valence-electron chi connectivity index (χ1n) is 8.49. The van der Waals surface area contributed by atoms with Crippen LogP contribution < -0.4 is 5.32 Å². The quantitative estimate of drug-likeness (QED) is 0.838. The van der Waals surface area contributed by atoms with E-state index in [9.17, 15) is 0 Å². The van der Waals surface area contributed by atoms with Gasteiger partial charge in [-0.25, -0.2) is 0 Å². The highest BCUT2D eigenvalue weighted by Crippen LogP contribution is 2.38. The maximum absolute atomic E-state index is 4.03. The summed E-state index contributed by atoms with van der Waals surface area (Å²) in [5.74, 6) is 0.866. The highest BCUT2D eigenvalue weighted by atomic mass is 15.1. The molecule has 1 aliphatic carbocycles. The van der Waals surface area contributed by atoms with Gasteiger partial charge in [0.25, 0.3) is 0 Å². The molecule has 1 N–H and O–H groups in total. The van der Waals surface area contributed by atoms with Crippen LogP contribution in [0.5, 0.6) is 0 Å². The van der Waals surface area contributed by atoms with Gasteiger partial charge in [-0.3, -0.25) is 0 Å². The lowest BCUT2D eigenvalue weighted by atomic mass is 9.69. The van der Waals surface area contributed by atoms with Gasteiger partial charge in [-0.05, 0) is 56.7 Å². The number of nitrogens with zero attached hydrogens (tertiary/aromatic N) is 1. The van der Waals surface area contributed by atoms with Crippen LogP contribution in [0.3, 0.4) is 0 Å². The summed E-state index contributed by atoms with van der Waals surface area (Å²) in [6.07, 6.45) is 8.39. The van der Waals surface area contributed by atoms with Crippen molar-refractivity contribution >= 4 is 0 Å². The Morgan fingerprint density at radius 2 is 1.63 bits per heavy atom. The van der Waals surface area contributed by atoms with Gasteiger partial charge in [0.2, 0.25) is 0 Å². The molecule has 0 amide bonds. The lowest BCUT2D eigenvalue weighted by Crippen LogP contribution is -2.51. The molecule has 0 bridgehead atoms. The van der Waals surface area contributed by atoms with Crippen molar-refractivity contribution in [1.29, 1.82) is 0 Å². The van der Waals surface area contributed by atoms with Gasteiger partial charge in [0, 0.05) is 12.1 Å². The molecule has 2 fully saturated rings. The lowest BCUT2D eigenvalue weighted by molar-refractivity contribution is 0.108. The Kier molecular flexibility index (Phi) is 5.30. The molecule has 1 saturated carbocycles. The van der Waals surface area contributed by atoms with Crippen LogP contribution in [0, 0.1) is 11.3 Å². The van der Waals surface area contributed by atoms with Gasteiger partial charge in [0.1, 0.15) is 0 Å². The predicted octanol–water partition coefficient (Wildman–Crippen LogP) is 3.67. The molecular formula is C17H34N2. The number of hydrogen-bond donors (Lipinski definition) is 1. The molecule has 1 heterocycles. The molecule has 0 aromatic heterocycles. The summed E-state index contributed by atoms with van der Waals surface area (Å²) in [6.45, 7) is 13.4. The molecule has 0 spiro atoms. The molecule has 1 aliphatic heterocycles. The minimum absolute atomic E-state index is 0.461. The second-order valence-electron chi connectivity index (χ2n) is 7.74. The second-order valence-corrected chi connectivity index (χ2v) is 7.74. The average Bonchev–Trinajstić information content (AvgIpc) is 2.39. The Morgan fingerprint density at radius 3 is 2.21 bits per heavy atom. The summed E-state index contributed by atoms with van der Waals surface area (Å²) >= 11 is 0. The molecule has 19 heavy (non-hydrogen) atoms. The molecule has 0 radical (unpaired) electrons. The Morgan fingerprint density at radius 1 is 1.00 bits per heavy atom. The fourth-order valence-corrected chi connectivity index (χ4v) is 4.09. The van der Waals surface area contributed by atoms with E-state index in [1.807, 2.05) is 0 Å². The zero-order chi connectivity index (χ0) is 13.9. The topological polar surface area (TPSA) is 15.3 Å². The minimum atomic E-state index is 0.461. The molecule has 2 heteroatoms. The molecule has 2 atom stereocenters. The van der Waals surface area contributed by atoms with E-state index >= 15 is 0 Å². The SMILES string of the molecule is CCN1CCC(NC2CCCCC2C(C)(C)C)CC1. The molecule has 112 valence electrons. The molecule has 2 aliphatic rings. The molecule has 2 nitrogen and oxygen atoms in total. The largest absolute Gasteiger partial charge is 0.311 e. The summed E-state index contributed by atoms with van der Waals surface area (Å²) < 4.78 is 0. The third-order valence-corrected chi connectivity index (χ3v) is 5.36. The summed E-state index contributed by atoms with van der Waals surface area (Å²) in [4.78, 5) is 2.58. The Bertz CT molecular complexity index is 261. The third-order valence-electron chi connectivity index (χ3n) is 5.36. The average molecular weight is 266 g/mol. The Labute approximate surface area is 120 Å². The third kappa shape index (κ3) is 4.19. The number of piperidine rings is 1. The summed E-state index contributed by atoms with van der Waals surface area (Å²) in [5, 5.41) is 4.03. The Balaban J connectivity index is 1.86. The van der Waals surface area contributed by atoms with E-state index in [0.717, 1.165) is 18.0 Å². The molecular weight excluding hydrogens is 232 g/mol. The van der Waals surface area contributed by atoms with Gasteiger partial charge in [0.05, 0.1) is 0 Å². The first kappa shape index (κ1) is 15.3. The Hall–Kier alpha value is -0.0800. The van der Waals surface area contributed by atoms with Crippen molar-refractivity contribution in [3.63, 3.8) is 0 Å². The standard InChI is InChI=1S/C17H34N2/c1-5-19-12-10-14(11-13-19)18-16-9-7-6-8-15(16)17(2,3)4/h14-16,18H,5-13H2,1-4H3. The number of rotatable bonds is 3. The number of nitrogens with one attached hydrogen (secondary N) is 1. The van der Waals surface area contributed by atoms with E-state index in [0.29, 0.717) is 5.41 Å². The number of hydrogen-bond acceptors (Lipinski definition) is 2. The van der Waals surface area contributed by atoms with Crippen LogP contribution in [0.15, 0.2) is 0 Å². The maximum atomic E-state index is 4.03. The molecule has 2 rings (SSSR count). The van der Waals surface area contributed by atoms with E-state index in [2.05, 4.69) is 37.9 Å². The molecule has 2 unspecified atom stereocenters. The number of likely N-dealkylation sites (tertiary alicyclic amines) is 1. The highest BCUT2D eigenvalue weighted by Gasteiger charge is 2.35. The fourth-order valence-electron chi connectivity index (χ4n) is 4.09. The van der Waals surface area contributed by atoms with Crippen molar-refractivity contribution in [1.82, 2.24) is 10.2 Å². The normalized spacial score (nSPS) is 31.6. The highest BCUT2D eigenvalue weighted by molar-refractivity contribution is 4.91. The van der Waals surface area contributed by atoms with Crippen LogP contribution >= 0.6 is 0 Å². The van der Waals surface area contributed by atoms with Crippen LogP contribution in [0.2, 0.25) is 0 Å². The van der Waals surface area contributed by atoms with Gasteiger partial charge < -0.3 is 10.2 Å². The fraction of sp³-hybridized carbons (Fsp3) is 1.00. The van der Waals surface area contributed by atoms with Crippen LogP contribution in [-0.2, 0) is 0 Å². The van der Waals surface area contributed by atoms with Gasteiger partial charge >= 0.3 is 0 Å². The zero-order valence-electron chi connectivity index (χ0n) is 13.5. The van der Waals surface area contributed by atoms with Crippen molar-refractivity contribution in [3.05, 3.63) is 0 Å². The van der Waals surface area contributed by atoms with Crippen molar-refractivity contribution in [2.75, 3.05) is 19.6 Å².